The van der Waals surface area contributed by atoms with Gasteiger partial charge in [-0.05, 0) is 26.0 Å². The molecule has 2 aromatic rings. The van der Waals surface area contributed by atoms with Gasteiger partial charge in [-0.2, -0.15) is 0 Å². The summed E-state index contributed by atoms with van der Waals surface area (Å²) in [6.45, 7) is 5.03. The van der Waals surface area contributed by atoms with E-state index in [1.54, 1.807) is 17.2 Å². The predicted molar refractivity (Wildman–Crippen MR) is 82.3 cm³/mol. The molecule has 1 aliphatic rings. The molecule has 2 atom stereocenters. The molecular weight excluding hydrogens is 304 g/mol. The zero-order valence-electron chi connectivity index (χ0n) is 12.4. The van der Waals surface area contributed by atoms with Crippen LogP contribution in [0.25, 0.3) is 5.69 Å². The molecule has 0 bridgehead atoms. The van der Waals surface area contributed by atoms with Gasteiger partial charge in [-0.1, -0.05) is 28.9 Å². The number of para-hydroxylation sites is 1. The molecule has 0 spiro atoms. The summed E-state index contributed by atoms with van der Waals surface area (Å²) in [4.78, 5) is 14.3. The molecule has 6 nitrogen and oxygen atoms in total. The van der Waals surface area contributed by atoms with E-state index in [-0.39, 0.29) is 18.1 Å². The van der Waals surface area contributed by atoms with E-state index in [4.69, 9.17) is 16.3 Å². The van der Waals surface area contributed by atoms with E-state index in [1.807, 2.05) is 32.0 Å². The number of hydrogen-bond donors (Lipinski definition) is 0. The van der Waals surface area contributed by atoms with E-state index in [0.717, 1.165) is 0 Å². The molecule has 22 heavy (non-hydrogen) atoms. The fraction of sp³-hybridized carbons (Fsp3) is 0.400. The minimum Gasteiger partial charge on any atom is -0.372 e. The Morgan fingerprint density at radius 3 is 2.64 bits per heavy atom. The summed E-state index contributed by atoms with van der Waals surface area (Å²) in [5.41, 5.74) is 1.00. The lowest BCUT2D eigenvalue weighted by molar-refractivity contribution is -0.0587. The number of halogens is 1. The Balaban J connectivity index is 1.82. The Kier molecular flexibility index (Phi) is 4.13. The highest BCUT2D eigenvalue weighted by Crippen LogP contribution is 2.19. The smallest absolute Gasteiger partial charge is 0.276 e. The number of morpholine rings is 1. The van der Waals surface area contributed by atoms with Crippen molar-refractivity contribution in [3.63, 3.8) is 0 Å². The minimum absolute atomic E-state index is 0.0197. The molecular formula is C15H17ClN4O2. The number of ether oxygens (including phenoxy) is 1. The Hall–Kier alpha value is -1.92. The topological polar surface area (TPSA) is 60.2 Å². The van der Waals surface area contributed by atoms with Crippen LogP contribution in [0.15, 0.2) is 30.5 Å². The summed E-state index contributed by atoms with van der Waals surface area (Å²) in [5.74, 6) is -0.139. The van der Waals surface area contributed by atoms with E-state index in [0.29, 0.717) is 29.5 Å². The highest BCUT2D eigenvalue weighted by Gasteiger charge is 2.28. The summed E-state index contributed by atoms with van der Waals surface area (Å²) in [6.07, 6.45) is 1.64. The number of nitrogens with zero attached hydrogens (tertiary/aromatic N) is 4. The molecule has 0 N–H and O–H groups in total. The zero-order chi connectivity index (χ0) is 15.7. The van der Waals surface area contributed by atoms with Crippen LogP contribution < -0.4 is 0 Å². The summed E-state index contributed by atoms with van der Waals surface area (Å²) >= 11 is 6.13. The van der Waals surface area contributed by atoms with Crippen molar-refractivity contribution in [3.05, 3.63) is 41.2 Å². The Morgan fingerprint density at radius 1 is 1.27 bits per heavy atom. The van der Waals surface area contributed by atoms with Crippen molar-refractivity contribution in [3.8, 4) is 5.69 Å². The first-order valence-corrected chi connectivity index (χ1v) is 7.54. The van der Waals surface area contributed by atoms with Gasteiger partial charge in [0.25, 0.3) is 5.91 Å². The fourth-order valence-corrected chi connectivity index (χ4v) is 2.85. The third-order valence-corrected chi connectivity index (χ3v) is 3.84. The standard InChI is InChI=1S/C15H17ClN4O2/c1-10-7-19(8-11(2)22-10)15(21)13-9-20(18-17-13)14-6-4-3-5-12(14)16/h3-6,9-11H,7-8H2,1-2H3/t10-,11+. The highest BCUT2D eigenvalue weighted by atomic mass is 35.5. The Bertz CT molecular complexity index is 678. The van der Waals surface area contributed by atoms with Crippen molar-refractivity contribution in [2.24, 2.45) is 0 Å². The first kappa shape index (κ1) is 15.0. The van der Waals surface area contributed by atoms with Gasteiger partial charge in [-0.3, -0.25) is 4.79 Å². The first-order chi connectivity index (χ1) is 10.5. The van der Waals surface area contributed by atoms with Crippen molar-refractivity contribution in [2.75, 3.05) is 13.1 Å². The number of hydrogen-bond acceptors (Lipinski definition) is 4. The fourth-order valence-electron chi connectivity index (χ4n) is 2.62. The van der Waals surface area contributed by atoms with Gasteiger partial charge in [0.05, 0.1) is 29.1 Å². The van der Waals surface area contributed by atoms with Crippen LogP contribution in [0.4, 0.5) is 0 Å². The van der Waals surface area contributed by atoms with Crippen LogP contribution in [0, 0.1) is 0 Å². The highest BCUT2D eigenvalue weighted by molar-refractivity contribution is 6.32. The number of carbonyl (C=O) groups is 1. The van der Waals surface area contributed by atoms with Gasteiger partial charge in [0.2, 0.25) is 0 Å². The van der Waals surface area contributed by atoms with Crippen LogP contribution in [0.5, 0.6) is 0 Å². The maximum Gasteiger partial charge on any atom is 0.276 e. The van der Waals surface area contributed by atoms with Crippen molar-refractivity contribution in [1.82, 2.24) is 19.9 Å². The molecule has 1 aliphatic heterocycles. The quantitative estimate of drug-likeness (QED) is 0.851. The SMILES string of the molecule is C[C@@H]1CN(C(=O)c2cn(-c3ccccc3Cl)nn2)C[C@H](C)O1. The summed E-state index contributed by atoms with van der Waals surface area (Å²) in [7, 11) is 0. The molecule has 0 saturated carbocycles. The van der Waals surface area contributed by atoms with Crippen molar-refractivity contribution in [2.45, 2.75) is 26.1 Å². The van der Waals surface area contributed by atoms with Crippen LogP contribution in [0.3, 0.4) is 0 Å². The van der Waals surface area contributed by atoms with E-state index >= 15 is 0 Å². The lowest BCUT2D eigenvalue weighted by Crippen LogP contribution is -2.48. The predicted octanol–water partition coefficient (Wildman–Crippen LogP) is 2.17. The van der Waals surface area contributed by atoms with Crippen LogP contribution in [-0.2, 0) is 4.74 Å². The number of rotatable bonds is 2. The van der Waals surface area contributed by atoms with E-state index in [9.17, 15) is 4.79 Å². The van der Waals surface area contributed by atoms with Crippen LogP contribution in [0.2, 0.25) is 5.02 Å². The molecule has 0 radical (unpaired) electrons. The van der Waals surface area contributed by atoms with Crippen LogP contribution >= 0.6 is 11.6 Å². The molecule has 116 valence electrons. The lowest BCUT2D eigenvalue weighted by Gasteiger charge is -2.34. The van der Waals surface area contributed by atoms with Gasteiger partial charge in [-0.25, -0.2) is 4.68 Å². The summed E-state index contributed by atoms with van der Waals surface area (Å²) in [5, 5.41) is 8.54. The second-order valence-corrected chi connectivity index (χ2v) is 5.87. The van der Waals surface area contributed by atoms with E-state index in [1.165, 1.54) is 4.68 Å². The second-order valence-electron chi connectivity index (χ2n) is 5.47. The van der Waals surface area contributed by atoms with E-state index < -0.39 is 0 Å². The number of aromatic nitrogens is 3. The summed E-state index contributed by atoms with van der Waals surface area (Å²) < 4.78 is 7.16. The monoisotopic (exact) mass is 320 g/mol. The second kappa shape index (κ2) is 6.06. The first-order valence-electron chi connectivity index (χ1n) is 7.16. The van der Waals surface area contributed by atoms with Crippen molar-refractivity contribution < 1.29 is 9.53 Å². The van der Waals surface area contributed by atoms with Gasteiger partial charge < -0.3 is 9.64 Å². The maximum atomic E-state index is 12.5. The molecule has 1 saturated heterocycles. The van der Waals surface area contributed by atoms with Gasteiger partial charge in [0, 0.05) is 13.1 Å². The lowest BCUT2D eigenvalue weighted by atomic mass is 10.2. The maximum absolute atomic E-state index is 12.5. The molecule has 7 heteroatoms. The largest absolute Gasteiger partial charge is 0.372 e. The van der Waals surface area contributed by atoms with Gasteiger partial charge in [0.1, 0.15) is 0 Å². The zero-order valence-corrected chi connectivity index (χ0v) is 13.2. The number of carbonyl (C=O) groups excluding carboxylic acids is 1. The molecule has 0 aliphatic carbocycles. The average Bonchev–Trinajstić information content (AvgIpc) is 2.95. The van der Waals surface area contributed by atoms with Crippen molar-refractivity contribution in [1.29, 1.82) is 0 Å². The molecule has 2 heterocycles. The molecule has 1 fully saturated rings. The number of amides is 1. The van der Waals surface area contributed by atoms with Crippen LogP contribution in [-0.4, -0.2) is 51.1 Å². The van der Waals surface area contributed by atoms with E-state index in [2.05, 4.69) is 10.3 Å². The molecule has 1 amide bonds. The van der Waals surface area contributed by atoms with Gasteiger partial charge >= 0.3 is 0 Å². The van der Waals surface area contributed by atoms with Gasteiger partial charge in [0.15, 0.2) is 5.69 Å². The van der Waals surface area contributed by atoms with Gasteiger partial charge in [-0.15, -0.1) is 5.10 Å². The van der Waals surface area contributed by atoms with Crippen LogP contribution in [0.1, 0.15) is 24.3 Å². The minimum atomic E-state index is -0.139. The Morgan fingerprint density at radius 2 is 1.95 bits per heavy atom. The normalized spacial score (nSPS) is 21.9. The number of benzene rings is 1. The average molecular weight is 321 g/mol. The molecule has 0 unspecified atom stereocenters. The third kappa shape index (κ3) is 2.98. The summed E-state index contributed by atoms with van der Waals surface area (Å²) in [6, 6.07) is 7.29. The Labute approximate surface area is 133 Å². The molecule has 1 aromatic heterocycles. The third-order valence-electron chi connectivity index (χ3n) is 3.52. The molecule has 1 aromatic carbocycles. The van der Waals surface area contributed by atoms with Crippen molar-refractivity contribution >= 4 is 17.5 Å². The molecule has 3 rings (SSSR count).